The van der Waals surface area contributed by atoms with E-state index in [0.717, 1.165) is 11.1 Å². The summed E-state index contributed by atoms with van der Waals surface area (Å²) in [5.41, 5.74) is 2.72. The van der Waals surface area contributed by atoms with Crippen molar-refractivity contribution in [3.05, 3.63) is 34.6 Å². The summed E-state index contributed by atoms with van der Waals surface area (Å²) in [6.07, 6.45) is 0.517. The van der Waals surface area contributed by atoms with E-state index in [-0.39, 0.29) is 5.82 Å². The molecule has 0 bridgehead atoms. The maximum Gasteiger partial charge on any atom is 0.126 e. The van der Waals surface area contributed by atoms with Crippen LogP contribution in [0.15, 0.2) is 12.1 Å². The van der Waals surface area contributed by atoms with Crippen LogP contribution in [0.5, 0.6) is 0 Å². The van der Waals surface area contributed by atoms with Crippen molar-refractivity contribution in [2.45, 2.75) is 20.3 Å². The van der Waals surface area contributed by atoms with E-state index in [1.807, 2.05) is 19.9 Å². The number of aryl methyl sites for hydroxylation is 2. The van der Waals surface area contributed by atoms with Gasteiger partial charge in [0.2, 0.25) is 0 Å². The van der Waals surface area contributed by atoms with Gasteiger partial charge in [-0.1, -0.05) is 6.07 Å². The third-order valence-electron chi connectivity index (χ3n) is 2.15. The quantitative estimate of drug-likeness (QED) is 0.726. The first-order chi connectivity index (χ1) is 6.15. The van der Waals surface area contributed by atoms with Gasteiger partial charge in [-0.3, -0.25) is 0 Å². The number of benzene rings is 1. The van der Waals surface area contributed by atoms with Gasteiger partial charge in [0.25, 0.3) is 0 Å². The van der Waals surface area contributed by atoms with E-state index in [1.54, 1.807) is 6.07 Å². The number of rotatable bonds is 3. The fourth-order valence-corrected chi connectivity index (χ4v) is 1.20. The van der Waals surface area contributed by atoms with Crippen LogP contribution in [0.3, 0.4) is 0 Å². The van der Waals surface area contributed by atoms with Gasteiger partial charge in [0.15, 0.2) is 0 Å². The molecule has 0 spiro atoms. The van der Waals surface area contributed by atoms with Crippen LogP contribution in [-0.4, -0.2) is 6.61 Å². The molecule has 1 rings (SSSR count). The van der Waals surface area contributed by atoms with Gasteiger partial charge in [-0.25, -0.2) is 10.3 Å². The number of hydrogen-bond acceptors (Lipinski definition) is 2. The second-order valence-corrected chi connectivity index (χ2v) is 3.15. The molecule has 0 aliphatic heterocycles. The van der Waals surface area contributed by atoms with Crippen molar-refractivity contribution < 1.29 is 9.23 Å². The van der Waals surface area contributed by atoms with Gasteiger partial charge in [0.05, 0.1) is 6.61 Å². The zero-order chi connectivity index (χ0) is 9.84. The molecule has 0 fully saturated rings. The molecule has 0 atom stereocenters. The van der Waals surface area contributed by atoms with Crippen LogP contribution in [-0.2, 0) is 11.3 Å². The van der Waals surface area contributed by atoms with Crippen molar-refractivity contribution in [3.63, 3.8) is 0 Å². The highest BCUT2D eigenvalue weighted by atomic mass is 19.1. The predicted octanol–water partition coefficient (Wildman–Crippen LogP) is 1.88. The molecule has 0 heterocycles. The Bertz CT molecular complexity index is 299. The molecule has 2 N–H and O–H groups in total. The van der Waals surface area contributed by atoms with E-state index in [4.69, 9.17) is 5.90 Å². The third-order valence-corrected chi connectivity index (χ3v) is 2.15. The largest absolute Gasteiger partial charge is 0.304 e. The van der Waals surface area contributed by atoms with Crippen molar-refractivity contribution in [1.82, 2.24) is 0 Å². The van der Waals surface area contributed by atoms with Crippen LogP contribution < -0.4 is 5.90 Å². The minimum atomic E-state index is -0.180. The molecule has 72 valence electrons. The van der Waals surface area contributed by atoms with Crippen LogP contribution in [0.2, 0.25) is 0 Å². The summed E-state index contributed by atoms with van der Waals surface area (Å²) >= 11 is 0. The smallest absolute Gasteiger partial charge is 0.126 e. The minimum absolute atomic E-state index is 0.180. The van der Waals surface area contributed by atoms with E-state index >= 15 is 0 Å². The van der Waals surface area contributed by atoms with Gasteiger partial charge in [-0.05, 0) is 36.6 Å². The maximum absolute atomic E-state index is 13.3. The summed E-state index contributed by atoms with van der Waals surface area (Å²) in [4.78, 5) is 4.40. The summed E-state index contributed by atoms with van der Waals surface area (Å²) in [6.45, 7) is 4.20. The fraction of sp³-hybridized carbons (Fsp3) is 0.400. The molecule has 1 aromatic carbocycles. The molecule has 0 amide bonds. The Morgan fingerprint density at radius 1 is 1.31 bits per heavy atom. The summed E-state index contributed by atoms with van der Waals surface area (Å²) in [5.74, 6) is 4.69. The first-order valence-electron chi connectivity index (χ1n) is 4.22. The molecule has 2 nitrogen and oxygen atoms in total. The monoisotopic (exact) mass is 183 g/mol. The molecule has 13 heavy (non-hydrogen) atoms. The van der Waals surface area contributed by atoms with E-state index in [2.05, 4.69) is 4.84 Å². The van der Waals surface area contributed by atoms with Gasteiger partial charge < -0.3 is 4.84 Å². The third kappa shape index (κ3) is 2.50. The number of halogens is 1. The molecular formula is C10H14FNO. The lowest BCUT2D eigenvalue weighted by atomic mass is 10.0. The Labute approximate surface area is 77.5 Å². The molecule has 0 saturated carbocycles. The molecule has 0 aromatic heterocycles. The highest BCUT2D eigenvalue weighted by molar-refractivity contribution is 5.31. The minimum Gasteiger partial charge on any atom is -0.304 e. The summed E-state index contributed by atoms with van der Waals surface area (Å²) in [7, 11) is 0. The lowest BCUT2D eigenvalue weighted by molar-refractivity contribution is 0.140. The average molecular weight is 183 g/mol. The van der Waals surface area contributed by atoms with Crippen LogP contribution in [0.1, 0.15) is 16.7 Å². The lowest BCUT2D eigenvalue weighted by Crippen LogP contribution is -2.05. The van der Waals surface area contributed by atoms with Gasteiger partial charge >= 0.3 is 0 Å². The topological polar surface area (TPSA) is 35.2 Å². The number of nitrogens with two attached hydrogens (primary N) is 1. The zero-order valence-electron chi connectivity index (χ0n) is 7.93. The Morgan fingerprint density at radius 3 is 2.54 bits per heavy atom. The SMILES string of the molecule is Cc1cc(F)c(CCON)cc1C. The van der Waals surface area contributed by atoms with Gasteiger partial charge in [0.1, 0.15) is 5.82 Å². The average Bonchev–Trinajstić information content (AvgIpc) is 2.09. The van der Waals surface area contributed by atoms with Gasteiger partial charge in [0, 0.05) is 6.42 Å². The Kier molecular flexibility index (Phi) is 3.39. The molecule has 3 heteroatoms. The molecule has 0 aliphatic rings. The van der Waals surface area contributed by atoms with Crippen molar-refractivity contribution in [2.75, 3.05) is 6.61 Å². The zero-order valence-corrected chi connectivity index (χ0v) is 7.93. The number of hydrogen-bond donors (Lipinski definition) is 1. The molecule has 1 aromatic rings. The fourth-order valence-electron chi connectivity index (χ4n) is 1.20. The van der Waals surface area contributed by atoms with Crippen molar-refractivity contribution in [3.8, 4) is 0 Å². The summed E-state index contributed by atoms with van der Waals surface area (Å²) < 4.78 is 13.3. The first-order valence-corrected chi connectivity index (χ1v) is 4.22. The van der Waals surface area contributed by atoms with Crippen LogP contribution in [0.4, 0.5) is 4.39 Å². The van der Waals surface area contributed by atoms with Gasteiger partial charge in [-0.15, -0.1) is 0 Å². The van der Waals surface area contributed by atoms with Crippen molar-refractivity contribution in [1.29, 1.82) is 0 Å². The Hall–Kier alpha value is -0.930. The molecule has 0 aliphatic carbocycles. The van der Waals surface area contributed by atoms with E-state index in [1.165, 1.54) is 0 Å². The summed E-state index contributed by atoms with van der Waals surface area (Å²) in [5, 5.41) is 0. The van der Waals surface area contributed by atoms with Crippen molar-refractivity contribution >= 4 is 0 Å². The Morgan fingerprint density at radius 2 is 1.92 bits per heavy atom. The molecule has 0 radical (unpaired) electrons. The second kappa shape index (κ2) is 4.35. The van der Waals surface area contributed by atoms with Crippen LogP contribution >= 0.6 is 0 Å². The van der Waals surface area contributed by atoms with E-state index in [9.17, 15) is 4.39 Å². The first kappa shape index (κ1) is 10.2. The highest BCUT2D eigenvalue weighted by Gasteiger charge is 2.04. The van der Waals surface area contributed by atoms with E-state index < -0.39 is 0 Å². The van der Waals surface area contributed by atoms with Gasteiger partial charge in [-0.2, -0.15) is 0 Å². The second-order valence-electron chi connectivity index (χ2n) is 3.15. The van der Waals surface area contributed by atoms with E-state index in [0.29, 0.717) is 18.6 Å². The summed E-state index contributed by atoms with van der Waals surface area (Å²) in [6, 6.07) is 3.38. The maximum atomic E-state index is 13.3. The molecule has 0 saturated heterocycles. The Balaban J connectivity index is 2.88. The highest BCUT2D eigenvalue weighted by Crippen LogP contribution is 2.14. The molecular weight excluding hydrogens is 169 g/mol. The van der Waals surface area contributed by atoms with Crippen LogP contribution in [0, 0.1) is 19.7 Å². The standard InChI is InChI=1S/C10H14FNO/c1-7-5-9(3-4-13-12)10(11)6-8(7)2/h5-6H,3-4,12H2,1-2H3. The van der Waals surface area contributed by atoms with Crippen LogP contribution in [0.25, 0.3) is 0 Å². The normalized spacial score (nSPS) is 10.5. The predicted molar refractivity (Wildman–Crippen MR) is 49.7 cm³/mol. The lowest BCUT2D eigenvalue weighted by Gasteiger charge is -2.06. The molecule has 0 unspecified atom stereocenters. The van der Waals surface area contributed by atoms with Crippen molar-refractivity contribution in [2.24, 2.45) is 5.90 Å².